The van der Waals surface area contributed by atoms with Gasteiger partial charge in [-0.3, -0.25) is 14.3 Å². The fourth-order valence-corrected chi connectivity index (χ4v) is 2.34. The topological polar surface area (TPSA) is 92.7 Å². The van der Waals surface area contributed by atoms with Crippen LogP contribution >= 0.6 is 11.8 Å². The average Bonchev–Trinajstić information content (AvgIpc) is 2.34. The first-order chi connectivity index (χ1) is 8.45. The van der Waals surface area contributed by atoms with E-state index in [1.807, 2.05) is 6.26 Å². The van der Waals surface area contributed by atoms with Gasteiger partial charge in [0.05, 0.1) is 11.4 Å². The molecule has 0 aliphatic carbocycles. The van der Waals surface area contributed by atoms with Crippen LogP contribution in [0.2, 0.25) is 0 Å². The second kappa shape index (κ2) is 6.74. The van der Waals surface area contributed by atoms with Gasteiger partial charge in [-0.05, 0) is 30.5 Å². The number of carbonyl (C=O) groups is 1. The van der Waals surface area contributed by atoms with E-state index < -0.39 is 16.1 Å². The molecule has 0 bridgehead atoms. The normalized spacial score (nSPS) is 11.4. The second-order valence-corrected chi connectivity index (χ2v) is 5.71. The van der Waals surface area contributed by atoms with Crippen molar-refractivity contribution in [2.75, 3.05) is 19.5 Å². The van der Waals surface area contributed by atoms with E-state index in [2.05, 4.69) is 9.50 Å². The van der Waals surface area contributed by atoms with Crippen molar-refractivity contribution in [2.24, 2.45) is 0 Å². The van der Waals surface area contributed by atoms with E-state index in [1.54, 1.807) is 12.1 Å². The smallest absolute Gasteiger partial charge is 0.317 e. The van der Waals surface area contributed by atoms with E-state index in [0.29, 0.717) is 0 Å². The van der Waals surface area contributed by atoms with Crippen molar-refractivity contribution < 1.29 is 22.5 Å². The molecule has 0 heterocycles. The van der Waals surface area contributed by atoms with Gasteiger partial charge in [-0.25, -0.2) is 0 Å². The van der Waals surface area contributed by atoms with Crippen LogP contribution in [0.15, 0.2) is 34.1 Å². The van der Waals surface area contributed by atoms with Crippen LogP contribution in [0.3, 0.4) is 0 Å². The first-order valence-corrected chi connectivity index (χ1v) is 7.55. The third-order valence-electron chi connectivity index (χ3n) is 1.94. The summed E-state index contributed by atoms with van der Waals surface area (Å²) in [6.07, 6.45) is 1.88. The Bertz CT molecular complexity index is 498. The number of hydrogen-bond acceptors (Lipinski definition) is 6. The van der Waals surface area contributed by atoms with Crippen LogP contribution in [-0.4, -0.2) is 39.0 Å². The number of hydrogen-bond donors (Lipinski definition) is 2. The Kier molecular flexibility index (Phi) is 5.60. The monoisotopic (exact) mass is 291 g/mol. The molecule has 2 N–H and O–H groups in total. The highest BCUT2D eigenvalue weighted by atomic mass is 32.2. The van der Waals surface area contributed by atoms with Gasteiger partial charge < -0.3 is 5.11 Å². The van der Waals surface area contributed by atoms with Crippen molar-refractivity contribution in [2.45, 2.75) is 9.79 Å². The van der Waals surface area contributed by atoms with E-state index >= 15 is 0 Å². The number of thioether (sulfide) groups is 1. The van der Waals surface area contributed by atoms with Crippen molar-refractivity contribution in [1.82, 2.24) is 5.32 Å². The fourth-order valence-electron chi connectivity index (χ4n) is 1.09. The van der Waals surface area contributed by atoms with Gasteiger partial charge >= 0.3 is 5.97 Å². The summed E-state index contributed by atoms with van der Waals surface area (Å²) in [6, 6.07) is 6.23. The third kappa shape index (κ3) is 4.65. The summed E-state index contributed by atoms with van der Waals surface area (Å²) in [6.45, 7) is -0.736. The van der Waals surface area contributed by atoms with Crippen molar-refractivity contribution >= 4 is 27.8 Å². The van der Waals surface area contributed by atoms with Gasteiger partial charge in [0.1, 0.15) is 6.73 Å². The molecule has 0 aliphatic heterocycles. The maximum atomic E-state index is 11.7. The Labute approximate surface area is 109 Å². The number of nitrogens with one attached hydrogen (secondary N) is 1. The molecule has 0 atom stereocenters. The van der Waals surface area contributed by atoms with Gasteiger partial charge in [-0.1, -0.05) is 0 Å². The second-order valence-electron chi connectivity index (χ2n) is 3.21. The molecule has 8 heteroatoms. The van der Waals surface area contributed by atoms with Crippen LogP contribution in [-0.2, 0) is 19.1 Å². The van der Waals surface area contributed by atoms with Crippen molar-refractivity contribution in [3.8, 4) is 0 Å². The van der Waals surface area contributed by atoms with Crippen molar-refractivity contribution in [3.05, 3.63) is 24.3 Å². The van der Waals surface area contributed by atoms with Crippen LogP contribution in [0.5, 0.6) is 0 Å². The largest absolute Gasteiger partial charge is 0.480 e. The zero-order valence-corrected chi connectivity index (χ0v) is 11.3. The first kappa shape index (κ1) is 15.0. The number of carboxylic acid groups (broad SMARTS) is 1. The molecule has 0 fully saturated rings. The van der Waals surface area contributed by atoms with Crippen LogP contribution in [0.4, 0.5) is 0 Å². The highest BCUT2D eigenvalue weighted by Gasteiger charge is 2.14. The number of benzene rings is 1. The van der Waals surface area contributed by atoms with E-state index in [-0.39, 0.29) is 18.2 Å². The average molecular weight is 291 g/mol. The van der Waals surface area contributed by atoms with Crippen LogP contribution in [0.25, 0.3) is 0 Å². The molecule has 0 saturated heterocycles. The first-order valence-electron chi connectivity index (χ1n) is 4.91. The molecule has 0 saturated carbocycles. The molecule has 1 aromatic carbocycles. The summed E-state index contributed by atoms with van der Waals surface area (Å²) in [5.41, 5.74) is 0. The Morgan fingerprint density at radius 1 is 1.39 bits per heavy atom. The minimum atomic E-state index is -3.85. The molecule has 18 heavy (non-hydrogen) atoms. The number of rotatable bonds is 7. The Hall–Kier alpha value is -1.09. The van der Waals surface area contributed by atoms with Crippen LogP contribution < -0.4 is 5.32 Å². The molecule has 100 valence electrons. The number of carboxylic acids is 1. The van der Waals surface area contributed by atoms with Crippen molar-refractivity contribution in [1.29, 1.82) is 0 Å². The third-order valence-corrected chi connectivity index (χ3v) is 3.96. The van der Waals surface area contributed by atoms with Gasteiger partial charge in [0.25, 0.3) is 10.1 Å². The maximum Gasteiger partial charge on any atom is 0.317 e. The molecule has 0 radical (unpaired) electrons. The van der Waals surface area contributed by atoms with Gasteiger partial charge in [-0.15, -0.1) is 11.8 Å². The summed E-state index contributed by atoms with van der Waals surface area (Å²) in [7, 11) is -3.85. The van der Waals surface area contributed by atoms with Gasteiger partial charge in [-0.2, -0.15) is 8.42 Å². The minimum Gasteiger partial charge on any atom is -0.480 e. The maximum absolute atomic E-state index is 11.7. The van der Waals surface area contributed by atoms with Gasteiger partial charge in [0, 0.05) is 4.90 Å². The Morgan fingerprint density at radius 2 is 2.00 bits per heavy atom. The van der Waals surface area contributed by atoms with Crippen molar-refractivity contribution in [3.63, 3.8) is 0 Å². The summed E-state index contributed by atoms with van der Waals surface area (Å²) >= 11 is 1.50. The highest BCUT2D eigenvalue weighted by molar-refractivity contribution is 7.98. The number of aliphatic carboxylic acids is 1. The quantitative estimate of drug-likeness (QED) is 0.331. The minimum absolute atomic E-state index is 0.0393. The SMILES string of the molecule is CSc1ccc(S(=O)(=O)OCNCC(=O)O)cc1. The predicted octanol–water partition coefficient (Wildman–Crippen LogP) is 0.745. The molecule has 6 nitrogen and oxygen atoms in total. The lowest BCUT2D eigenvalue weighted by atomic mass is 10.4. The summed E-state index contributed by atoms with van der Waals surface area (Å²) in [5, 5.41) is 10.7. The summed E-state index contributed by atoms with van der Waals surface area (Å²) in [4.78, 5) is 11.2. The summed E-state index contributed by atoms with van der Waals surface area (Å²) in [5.74, 6) is -1.08. The molecule has 0 spiro atoms. The van der Waals surface area contributed by atoms with E-state index in [1.165, 1.54) is 23.9 Å². The van der Waals surface area contributed by atoms with E-state index in [4.69, 9.17) is 5.11 Å². The van der Waals surface area contributed by atoms with E-state index in [9.17, 15) is 13.2 Å². The van der Waals surface area contributed by atoms with Gasteiger partial charge in [0.15, 0.2) is 0 Å². The molecule has 1 rings (SSSR count). The van der Waals surface area contributed by atoms with Crippen LogP contribution in [0.1, 0.15) is 0 Å². The molecule has 1 aromatic rings. The molecule has 0 aliphatic rings. The lowest BCUT2D eigenvalue weighted by Crippen LogP contribution is -2.26. The fraction of sp³-hybridized carbons (Fsp3) is 0.300. The van der Waals surface area contributed by atoms with Gasteiger partial charge in [0.2, 0.25) is 0 Å². The van der Waals surface area contributed by atoms with Crippen LogP contribution in [0, 0.1) is 0 Å². The molecular weight excluding hydrogens is 278 g/mol. The van der Waals surface area contributed by atoms with E-state index in [0.717, 1.165) is 4.90 Å². The standard InChI is InChI=1S/C10H13NO5S2/c1-17-8-2-4-9(5-3-8)18(14,15)16-7-11-6-10(12)13/h2-5,11H,6-7H2,1H3,(H,12,13). The molecule has 0 unspecified atom stereocenters. The molecule has 0 amide bonds. The molecule has 0 aromatic heterocycles. The highest BCUT2D eigenvalue weighted by Crippen LogP contribution is 2.18. The Balaban J connectivity index is 2.59. The zero-order chi connectivity index (χ0) is 13.6. The zero-order valence-electron chi connectivity index (χ0n) is 9.62. The Morgan fingerprint density at radius 3 is 2.50 bits per heavy atom. The lowest BCUT2D eigenvalue weighted by Gasteiger charge is -2.06. The predicted molar refractivity (Wildman–Crippen MR) is 67.0 cm³/mol. The lowest BCUT2D eigenvalue weighted by molar-refractivity contribution is -0.136. The summed E-state index contributed by atoms with van der Waals surface area (Å²) < 4.78 is 28.0. The molecular formula is C10H13NO5S2.